The summed E-state index contributed by atoms with van der Waals surface area (Å²) in [5, 5.41) is 0. The number of fused-ring (bicyclic) bond motifs is 1. The molecule has 0 aliphatic heterocycles. The largest absolute Gasteiger partial charge is 0.443 e. The number of nitrogens with zero attached hydrogens (tertiary/aromatic N) is 3. The van der Waals surface area contributed by atoms with Gasteiger partial charge in [-0.2, -0.15) is 0 Å². The van der Waals surface area contributed by atoms with E-state index >= 15 is 0 Å². The van der Waals surface area contributed by atoms with E-state index in [-0.39, 0.29) is 0 Å². The van der Waals surface area contributed by atoms with Crippen LogP contribution in [0, 0.1) is 0 Å². The predicted octanol–water partition coefficient (Wildman–Crippen LogP) is 2.99. The molecule has 4 nitrogen and oxygen atoms in total. The first-order chi connectivity index (χ1) is 7.75. The van der Waals surface area contributed by atoms with Crippen LogP contribution >= 0.6 is 15.9 Å². The Hall–Kier alpha value is -1.62. The molecule has 1 aromatic carbocycles. The van der Waals surface area contributed by atoms with E-state index < -0.39 is 0 Å². The molecule has 0 atom stereocenters. The molecule has 2 aromatic heterocycles. The smallest absolute Gasteiger partial charge is 0.181 e. The lowest BCUT2D eigenvalue weighted by atomic mass is 10.1. The SMILES string of the molecule is Cn1cnc(Br)c1-c1ccc2ncoc2c1. The van der Waals surface area contributed by atoms with Gasteiger partial charge in [-0.3, -0.25) is 0 Å². The zero-order valence-electron chi connectivity index (χ0n) is 8.51. The van der Waals surface area contributed by atoms with Gasteiger partial charge < -0.3 is 8.98 Å². The fourth-order valence-corrected chi connectivity index (χ4v) is 2.33. The molecule has 0 saturated carbocycles. The van der Waals surface area contributed by atoms with Crippen LogP contribution in [-0.4, -0.2) is 14.5 Å². The van der Waals surface area contributed by atoms with Gasteiger partial charge in [0.15, 0.2) is 12.0 Å². The molecule has 80 valence electrons. The Kier molecular flexibility index (Phi) is 2.07. The van der Waals surface area contributed by atoms with E-state index in [2.05, 4.69) is 25.9 Å². The second-order valence-electron chi connectivity index (χ2n) is 3.53. The second kappa shape index (κ2) is 3.45. The number of oxazole rings is 1. The molecule has 0 radical (unpaired) electrons. The first-order valence-electron chi connectivity index (χ1n) is 4.76. The molecule has 2 heterocycles. The van der Waals surface area contributed by atoms with Gasteiger partial charge in [0, 0.05) is 12.6 Å². The molecule has 3 aromatic rings. The van der Waals surface area contributed by atoms with Crippen LogP contribution in [0.25, 0.3) is 22.4 Å². The molecular formula is C11H8BrN3O. The number of imidazole rings is 1. The highest BCUT2D eigenvalue weighted by Crippen LogP contribution is 2.28. The van der Waals surface area contributed by atoms with Crippen LogP contribution in [0.3, 0.4) is 0 Å². The molecule has 0 spiro atoms. The molecule has 0 aliphatic rings. The van der Waals surface area contributed by atoms with Crippen molar-refractivity contribution in [1.29, 1.82) is 0 Å². The third-order valence-electron chi connectivity index (χ3n) is 2.50. The van der Waals surface area contributed by atoms with Crippen molar-refractivity contribution in [2.24, 2.45) is 7.05 Å². The summed E-state index contributed by atoms with van der Waals surface area (Å²) >= 11 is 3.43. The minimum Gasteiger partial charge on any atom is -0.443 e. The lowest BCUT2D eigenvalue weighted by Crippen LogP contribution is -1.89. The number of benzene rings is 1. The van der Waals surface area contributed by atoms with E-state index in [1.807, 2.05) is 29.8 Å². The standard InChI is InChI=1S/C11H8BrN3O/c1-15-5-13-11(12)10(15)7-2-3-8-9(4-7)16-6-14-8/h2-6H,1H3. The summed E-state index contributed by atoms with van der Waals surface area (Å²) in [6, 6.07) is 5.91. The van der Waals surface area contributed by atoms with Crippen molar-refractivity contribution in [3.8, 4) is 11.3 Å². The topological polar surface area (TPSA) is 43.9 Å². The molecule has 0 fully saturated rings. The summed E-state index contributed by atoms with van der Waals surface area (Å²) in [5.74, 6) is 0. The maximum atomic E-state index is 5.28. The molecule has 0 N–H and O–H groups in total. The lowest BCUT2D eigenvalue weighted by molar-refractivity contribution is 0.602. The van der Waals surface area contributed by atoms with Crippen molar-refractivity contribution < 1.29 is 4.42 Å². The van der Waals surface area contributed by atoms with Gasteiger partial charge in [0.25, 0.3) is 0 Å². The fraction of sp³-hybridized carbons (Fsp3) is 0.0909. The number of aryl methyl sites for hydroxylation is 1. The molecule has 5 heteroatoms. The second-order valence-corrected chi connectivity index (χ2v) is 4.28. The summed E-state index contributed by atoms with van der Waals surface area (Å²) < 4.78 is 8.07. The summed E-state index contributed by atoms with van der Waals surface area (Å²) in [5.41, 5.74) is 3.72. The Labute approximate surface area is 100 Å². The quantitative estimate of drug-likeness (QED) is 0.687. The first kappa shape index (κ1) is 9.59. The summed E-state index contributed by atoms with van der Waals surface area (Å²) in [7, 11) is 1.96. The predicted molar refractivity (Wildman–Crippen MR) is 63.9 cm³/mol. The van der Waals surface area contributed by atoms with Crippen LogP contribution in [0.5, 0.6) is 0 Å². The van der Waals surface area contributed by atoms with Crippen molar-refractivity contribution >= 4 is 27.0 Å². The number of hydrogen-bond donors (Lipinski definition) is 0. The molecule has 0 aliphatic carbocycles. The van der Waals surface area contributed by atoms with Crippen LogP contribution in [0.2, 0.25) is 0 Å². The number of aromatic nitrogens is 3. The van der Waals surface area contributed by atoms with Gasteiger partial charge in [-0.15, -0.1) is 0 Å². The monoisotopic (exact) mass is 277 g/mol. The summed E-state index contributed by atoms with van der Waals surface area (Å²) in [6.07, 6.45) is 3.22. The van der Waals surface area contributed by atoms with Gasteiger partial charge in [0.1, 0.15) is 10.1 Å². The summed E-state index contributed by atoms with van der Waals surface area (Å²) in [4.78, 5) is 8.28. The average Bonchev–Trinajstić information content (AvgIpc) is 2.85. The Morgan fingerprint density at radius 3 is 2.94 bits per heavy atom. The van der Waals surface area contributed by atoms with E-state index in [0.717, 1.165) is 27.0 Å². The first-order valence-corrected chi connectivity index (χ1v) is 5.55. The van der Waals surface area contributed by atoms with Crippen molar-refractivity contribution in [2.75, 3.05) is 0 Å². The van der Waals surface area contributed by atoms with E-state index in [0.29, 0.717) is 0 Å². The van der Waals surface area contributed by atoms with Gasteiger partial charge in [0.2, 0.25) is 0 Å². The average molecular weight is 278 g/mol. The van der Waals surface area contributed by atoms with Crippen LogP contribution in [0.4, 0.5) is 0 Å². The zero-order valence-corrected chi connectivity index (χ0v) is 10.1. The van der Waals surface area contributed by atoms with Crippen LogP contribution in [-0.2, 0) is 7.05 Å². The highest BCUT2D eigenvalue weighted by Gasteiger charge is 2.10. The van der Waals surface area contributed by atoms with E-state index in [9.17, 15) is 0 Å². The van der Waals surface area contributed by atoms with Crippen LogP contribution in [0.1, 0.15) is 0 Å². The van der Waals surface area contributed by atoms with Crippen molar-refractivity contribution in [1.82, 2.24) is 14.5 Å². The lowest BCUT2D eigenvalue weighted by Gasteiger charge is -2.02. The minimum absolute atomic E-state index is 0.783. The van der Waals surface area contributed by atoms with Gasteiger partial charge in [-0.25, -0.2) is 9.97 Å². The normalized spacial score (nSPS) is 11.1. The molecule has 0 saturated heterocycles. The zero-order chi connectivity index (χ0) is 11.1. The highest BCUT2D eigenvalue weighted by molar-refractivity contribution is 9.10. The Balaban J connectivity index is 2.25. The molecule has 3 rings (SSSR count). The van der Waals surface area contributed by atoms with Crippen molar-refractivity contribution in [3.63, 3.8) is 0 Å². The van der Waals surface area contributed by atoms with Crippen molar-refractivity contribution in [3.05, 3.63) is 35.5 Å². The van der Waals surface area contributed by atoms with E-state index in [4.69, 9.17) is 4.42 Å². The number of rotatable bonds is 1. The third kappa shape index (κ3) is 1.36. The van der Waals surface area contributed by atoms with E-state index in [1.165, 1.54) is 6.39 Å². The van der Waals surface area contributed by atoms with E-state index in [1.54, 1.807) is 6.33 Å². The fourth-order valence-electron chi connectivity index (χ4n) is 1.73. The Morgan fingerprint density at radius 2 is 2.19 bits per heavy atom. The van der Waals surface area contributed by atoms with Gasteiger partial charge in [0.05, 0.1) is 12.0 Å². The maximum Gasteiger partial charge on any atom is 0.181 e. The Morgan fingerprint density at radius 1 is 1.31 bits per heavy atom. The number of hydrogen-bond acceptors (Lipinski definition) is 3. The Bertz CT molecular complexity index is 637. The highest BCUT2D eigenvalue weighted by atomic mass is 79.9. The maximum absolute atomic E-state index is 5.28. The van der Waals surface area contributed by atoms with Gasteiger partial charge >= 0.3 is 0 Å². The molecular weight excluding hydrogens is 270 g/mol. The van der Waals surface area contributed by atoms with Gasteiger partial charge in [-0.05, 0) is 28.1 Å². The summed E-state index contributed by atoms with van der Waals surface area (Å²) in [6.45, 7) is 0. The van der Waals surface area contributed by atoms with Crippen LogP contribution < -0.4 is 0 Å². The molecule has 0 bridgehead atoms. The minimum atomic E-state index is 0.783. The molecule has 16 heavy (non-hydrogen) atoms. The number of halogens is 1. The van der Waals surface area contributed by atoms with Crippen LogP contribution in [0.15, 0.2) is 39.9 Å². The molecule has 0 unspecified atom stereocenters. The van der Waals surface area contributed by atoms with Crippen molar-refractivity contribution in [2.45, 2.75) is 0 Å². The molecule has 0 amide bonds. The van der Waals surface area contributed by atoms with Gasteiger partial charge in [-0.1, -0.05) is 6.07 Å². The third-order valence-corrected chi connectivity index (χ3v) is 3.08.